The number of ether oxygens (including phenoxy) is 1. The highest BCUT2D eigenvalue weighted by Gasteiger charge is 2.39. The third-order valence-electron chi connectivity index (χ3n) is 2.91. The monoisotopic (exact) mass is 243 g/mol. The van der Waals surface area contributed by atoms with E-state index in [0.717, 1.165) is 4.90 Å². The molecule has 17 heavy (non-hydrogen) atoms. The number of nitrogens with zero attached hydrogens (tertiary/aromatic N) is 1. The Kier molecular flexibility index (Phi) is 3.75. The molecule has 0 aliphatic carbocycles. The summed E-state index contributed by atoms with van der Waals surface area (Å²) in [6, 6.07) is 0. The molecule has 1 atom stereocenters. The van der Waals surface area contributed by atoms with Gasteiger partial charge < -0.3 is 9.84 Å². The van der Waals surface area contributed by atoms with Crippen LogP contribution in [0.4, 0.5) is 4.79 Å². The third-order valence-corrected chi connectivity index (χ3v) is 2.91. The molecule has 0 saturated carbocycles. The van der Waals surface area contributed by atoms with Crippen molar-refractivity contribution in [3.05, 3.63) is 0 Å². The van der Waals surface area contributed by atoms with Gasteiger partial charge in [-0.3, -0.25) is 9.59 Å². The lowest BCUT2D eigenvalue weighted by Gasteiger charge is -2.26. The summed E-state index contributed by atoms with van der Waals surface area (Å²) in [6.45, 7) is 5.23. The first-order valence-corrected chi connectivity index (χ1v) is 5.53. The quantitative estimate of drug-likeness (QED) is 0.806. The number of carboxylic acid groups (broad SMARTS) is 1. The number of imide groups is 1. The summed E-state index contributed by atoms with van der Waals surface area (Å²) in [5.74, 6) is -2.38. The molecule has 1 aliphatic rings. The molecule has 6 nitrogen and oxygen atoms in total. The number of aliphatic carboxylic acids is 1. The van der Waals surface area contributed by atoms with Crippen LogP contribution >= 0.6 is 0 Å². The molecule has 1 fully saturated rings. The van der Waals surface area contributed by atoms with Gasteiger partial charge in [0.1, 0.15) is 5.60 Å². The number of amides is 2. The summed E-state index contributed by atoms with van der Waals surface area (Å²) in [4.78, 5) is 34.8. The maximum atomic E-state index is 11.7. The van der Waals surface area contributed by atoms with E-state index in [4.69, 9.17) is 9.84 Å². The van der Waals surface area contributed by atoms with Crippen molar-refractivity contribution in [1.29, 1.82) is 0 Å². The Morgan fingerprint density at radius 3 is 2.53 bits per heavy atom. The Morgan fingerprint density at radius 1 is 1.53 bits per heavy atom. The maximum absolute atomic E-state index is 11.7. The summed E-state index contributed by atoms with van der Waals surface area (Å²) in [5, 5.41) is 8.78. The molecule has 0 bridgehead atoms. The van der Waals surface area contributed by atoms with Crippen molar-refractivity contribution in [2.24, 2.45) is 5.92 Å². The zero-order valence-corrected chi connectivity index (χ0v) is 10.2. The molecule has 1 aliphatic heterocycles. The fourth-order valence-electron chi connectivity index (χ4n) is 1.41. The molecule has 1 unspecified atom stereocenters. The van der Waals surface area contributed by atoms with Crippen LogP contribution < -0.4 is 0 Å². The van der Waals surface area contributed by atoms with Crippen molar-refractivity contribution in [3.63, 3.8) is 0 Å². The Hall–Kier alpha value is -1.59. The molecule has 6 heteroatoms. The maximum Gasteiger partial charge on any atom is 0.417 e. The highest BCUT2D eigenvalue weighted by molar-refractivity contribution is 5.96. The Balaban J connectivity index is 2.65. The molecule has 1 heterocycles. The normalized spacial score (nSPS) is 20.5. The standard InChI is InChI=1S/C11H17NO5/c1-4-11(2,3)17-10(16)12-6-7(9(14)15)5-8(12)13/h7H,4-6H2,1-3H3,(H,14,15). The fraction of sp³-hybridized carbons (Fsp3) is 0.727. The van der Waals surface area contributed by atoms with Gasteiger partial charge in [-0.25, -0.2) is 9.69 Å². The number of likely N-dealkylation sites (tertiary alicyclic amines) is 1. The molecule has 0 spiro atoms. The number of carbonyl (C=O) groups is 3. The van der Waals surface area contributed by atoms with Crippen LogP contribution in [0.5, 0.6) is 0 Å². The number of carbonyl (C=O) groups excluding carboxylic acids is 2. The van der Waals surface area contributed by atoms with Crippen molar-refractivity contribution in [1.82, 2.24) is 4.90 Å². The van der Waals surface area contributed by atoms with Gasteiger partial charge in [-0.1, -0.05) is 6.92 Å². The van der Waals surface area contributed by atoms with Crippen LogP contribution in [0.3, 0.4) is 0 Å². The van der Waals surface area contributed by atoms with Crippen LogP contribution in [0.15, 0.2) is 0 Å². The Morgan fingerprint density at radius 2 is 2.12 bits per heavy atom. The molecule has 96 valence electrons. The van der Waals surface area contributed by atoms with E-state index in [1.54, 1.807) is 13.8 Å². The number of carboxylic acids is 1. The smallest absolute Gasteiger partial charge is 0.417 e. The molecular formula is C11H17NO5. The lowest BCUT2D eigenvalue weighted by Crippen LogP contribution is -2.39. The van der Waals surface area contributed by atoms with E-state index in [1.807, 2.05) is 6.92 Å². The minimum atomic E-state index is -1.07. The average Bonchev–Trinajstić information content (AvgIpc) is 2.60. The van der Waals surface area contributed by atoms with E-state index < -0.39 is 29.5 Å². The Labute approximate surface area is 99.5 Å². The van der Waals surface area contributed by atoms with Gasteiger partial charge in [-0.2, -0.15) is 0 Å². The first-order chi connectivity index (χ1) is 7.76. The molecule has 0 aromatic heterocycles. The van der Waals surface area contributed by atoms with E-state index in [9.17, 15) is 14.4 Å². The van der Waals surface area contributed by atoms with Gasteiger partial charge >= 0.3 is 12.1 Å². The van der Waals surface area contributed by atoms with E-state index in [0.29, 0.717) is 6.42 Å². The number of rotatable bonds is 3. The van der Waals surface area contributed by atoms with Gasteiger partial charge in [0.2, 0.25) is 5.91 Å². The number of hydrogen-bond donors (Lipinski definition) is 1. The van der Waals surface area contributed by atoms with E-state index >= 15 is 0 Å². The van der Waals surface area contributed by atoms with E-state index in [-0.39, 0.29) is 13.0 Å². The van der Waals surface area contributed by atoms with Crippen molar-refractivity contribution in [2.45, 2.75) is 39.2 Å². The van der Waals surface area contributed by atoms with Crippen molar-refractivity contribution in [2.75, 3.05) is 6.54 Å². The Bertz CT molecular complexity index is 350. The highest BCUT2D eigenvalue weighted by Crippen LogP contribution is 2.22. The molecule has 0 aromatic rings. The van der Waals surface area contributed by atoms with Gasteiger partial charge in [0, 0.05) is 13.0 Å². The SMILES string of the molecule is CCC(C)(C)OC(=O)N1CC(C(=O)O)CC1=O. The second-order valence-electron chi connectivity index (χ2n) is 4.72. The third kappa shape index (κ3) is 3.18. The molecule has 2 amide bonds. The van der Waals surface area contributed by atoms with Gasteiger partial charge in [0.15, 0.2) is 0 Å². The molecule has 0 aromatic carbocycles. The van der Waals surface area contributed by atoms with Crippen LogP contribution in [0.2, 0.25) is 0 Å². The van der Waals surface area contributed by atoms with Crippen molar-refractivity contribution >= 4 is 18.0 Å². The highest BCUT2D eigenvalue weighted by atomic mass is 16.6. The second kappa shape index (κ2) is 4.73. The molecular weight excluding hydrogens is 226 g/mol. The van der Waals surface area contributed by atoms with E-state index in [1.165, 1.54) is 0 Å². The largest absolute Gasteiger partial charge is 0.481 e. The second-order valence-corrected chi connectivity index (χ2v) is 4.72. The number of hydrogen-bond acceptors (Lipinski definition) is 4. The van der Waals surface area contributed by atoms with Crippen LogP contribution in [0, 0.1) is 5.92 Å². The van der Waals surface area contributed by atoms with Crippen LogP contribution in [-0.4, -0.2) is 40.1 Å². The van der Waals surface area contributed by atoms with E-state index in [2.05, 4.69) is 0 Å². The van der Waals surface area contributed by atoms with Gasteiger partial charge in [-0.15, -0.1) is 0 Å². The topological polar surface area (TPSA) is 83.9 Å². The lowest BCUT2D eigenvalue weighted by atomic mass is 10.1. The zero-order valence-electron chi connectivity index (χ0n) is 10.2. The predicted molar refractivity (Wildman–Crippen MR) is 58.3 cm³/mol. The van der Waals surface area contributed by atoms with Gasteiger partial charge in [0.25, 0.3) is 0 Å². The van der Waals surface area contributed by atoms with Crippen molar-refractivity contribution < 1.29 is 24.2 Å². The minimum Gasteiger partial charge on any atom is -0.481 e. The first kappa shape index (κ1) is 13.5. The van der Waals surface area contributed by atoms with Crippen LogP contribution in [0.25, 0.3) is 0 Å². The summed E-state index contributed by atoms with van der Waals surface area (Å²) in [6.07, 6.45) is -0.286. The zero-order chi connectivity index (χ0) is 13.2. The first-order valence-electron chi connectivity index (χ1n) is 5.53. The fourth-order valence-corrected chi connectivity index (χ4v) is 1.41. The summed E-state index contributed by atoms with van der Waals surface area (Å²) in [5.41, 5.74) is -0.654. The molecule has 0 radical (unpaired) electrons. The summed E-state index contributed by atoms with van der Waals surface area (Å²) in [7, 11) is 0. The van der Waals surface area contributed by atoms with Gasteiger partial charge in [-0.05, 0) is 20.3 Å². The summed E-state index contributed by atoms with van der Waals surface area (Å²) >= 11 is 0. The lowest BCUT2D eigenvalue weighted by molar-refractivity contribution is -0.141. The van der Waals surface area contributed by atoms with Crippen molar-refractivity contribution in [3.8, 4) is 0 Å². The molecule has 1 saturated heterocycles. The molecule has 1 N–H and O–H groups in total. The predicted octanol–water partition coefficient (Wildman–Crippen LogP) is 1.24. The van der Waals surface area contributed by atoms with Crippen LogP contribution in [0.1, 0.15) is 33.6 Å². The van der Waals surface area contributed by atoms with Gasteiger partial charge in [0.05, 0.1) is 5.92 Å². The minimum absolute atomic E-state index is 0.104. The average molecular weight is 243 g/mol. The molecule has 1 rings (SSSR count). The summed E-state index contributed by atoms with van der Waals surface area (Å²) < 4.78 is 5.14. The van der Waals surface area contributed by atoms with Crippen LogP contribution in [-0.2, 0) is 14.3 Å².